The number of carbonyl (C=O) groups excluding carboxylic acids is 2. The van der Waals surface area contributed by atoms with Gasteiger partial charge in [0.15, 0.2) is 0 Å². The van der Waals surface area contributed by atoms with Gasteiger partial charge in [-0.15, -0.1) is 0 Å². The quantitative estimate of drug-likeness (QED) is 0.438. The van der Waals surface area contributed by atoms with Crippen LogP contribution in [0.4, 0.5) is 0 Å². The molecule has 5 rings (SSSR count). The molecule has 4 aliphatic carbocycles. The van der Waals surface area contributed by atoms with E-state index in [4.69, 9.17) is 4.74 Å². The summed E-state index contributed by atoms with van der Waals surface area (Å²) in [4.78, 5) is 39.6. The zero-order valence-electron chi connectivity index (χ0n) is 24.1. The average Bonchev–Trinajstić information content (AvgIpc) is 2.95. The van der Waals surface area contributed by atoms with Crippen LogP contribution < -0.4 is 0 Å². The van der Waals surface area contributed by atoms with Crippen molar-refractivity contribution >= 4 is 17.7 Å². The number of ether oxygens (including phenoxy) is 1. The van der Waals surface area contributed by atoms with Gasteiger partial charge in [0.05, 0.1) is 24.2 Å². The molecule has 5 fully saturated rings. The zero-order chi connectivity index (χ0) is 28.1. The molecule has 1 heterocycles. The van der Waals surface area contributed by atoms with Crippen LogP contribution in [0.25, 0.3) is 0 Å². The molecule has 0 bridgehead atoms. The van der Waals surface area contributed by atoms with E-state index in [0.29, 0.717) is 38.5 Å². The molecule has 0 radical (unpaired) electrons. The lowest BCUT2D eigenvalue weighted by atomic mass is 9.41. The Kier molecular flexibility index (Phi) is 6.29. The number of carbonyl (C=O) groups is 3. The predicted octanol–water partition coefficient (Wildman–Crippen LogP) is 4.76. The lowest BCUT2D eigenvalue weighted by Crippen LogP contribution is -2.62. The monoisotopic (exact) mass is 532 g/mol. The van der Waals surface area contributed by atoms with Crippen LogP contribution in [0.15, 0.2) is 0 Å². The van der Waals surface area contributed by atoms with Crippen molar-refractivity contribution in [3.8, 4) is 0 Å². The molecule has 11 atom stereocenters. The molecule has 38 heavy (non-hydrogen) atoms. The summed E-state index contributed by atoms with van der Waals surface area (Å²) in [5.41, 5.74) is -3.40. The summed E-state index contributed by atoms with van der Waals surface area (Å²) in [5.74, 6) is -1.04. The molecule has 1 aliphatic heterocycles. The maximum absolute atomic E-state index is 14.5. The third kappa shape index (κ3) is 3.42. The second-order valence-electron chi connectivity index (χ2n) is 15.3. The molecule has 4 saturated carbocycles. The first-order chi connectivity index (χ1) is 17.5. The van der Waals surface area contributed by atoms with E-state index in [-0.39, 0.29) is 53.4 Å². The van der Waals surface area contributed by atoms with Crippen LogP contribution in [0, 0.1) is 50.2 Å². The van der Waals surface area contributed by atoms with Crippen molar-refractivity contribution in [1.29, 1.82) is 0 Å². The average molecular weight is 533 g/mol. The van der Waals surface area contributed by atoms with Gasteiger partial charge >= 0.3 is 11.9 Å². The minimum Gasteiger partial charge on any atom is -0.481 e. The molecular weight excluding hydrogens is 484 g/mol. The number of cyclic esters (lactones) is 1. The fraction of sp³-hybridized carbons (Fsp3) is 0.903. The van der Waals surface area contributed by atoms with Crippen LogP contribution in [-0.4, -0.2) is 51.9 Å². The smallest absolute Gasteiger partial charge is 0.312 e. The van der Waals surface area contributed by atoms with E-state index >= 15 is 0 Å². The summed E-state index contributed by atoms with van der Waals surface area (Å²) in [6.45, 7) is 12.7. The van der Waals surface area contributed by atoms with E-state index in [1.807, 2.05) is 6.92 Å². The van der Waals surface area contributed by atoms with Gasteiger partial charge in [0.1, 0.15) is 5.78 Å². The first-order valence-electron chi connectivity index (χ1n) is 14.8. The molecule has 7 heteroatoms. The van der Waals surface area contributed by atoms with Crippen LogP contribution in [0.2, 0.25) is 0 Å². The molecule has 214 valence electrons. The minimum atomic E-state index is -1.19. The van der Waals surface area contributed by atoms with Gasteiger partial charge < -0.3 is 20.1 Å². The Hall–Kier alpha value is -1.47. The van der Waals surface area contributed by atoms with Gasteiger partial charge in [0.25, 0.3) is 0 Å². The SMILES string of the molecule is C[C@@]12CC[C@@H]3[C@](C)(CC[C@@H](O)[C@]3(C)C(=O)O)[C@H]1CC[C@](C)([C@@]1(C)CC[C@H](O)[C@@]3(C)COC(=O)C[C@@H]31)C(=O)C2. The highest BCUT2D eigenvalue weighted by Gasteiger charge is 2.68. The highest BCUT2D eigenvalue weighted by molar-refractivity contribution is 5.87. The Bertz CT molecular complexity index is 1040. The van der Waals surface area contributed by atoms with Crippen molar-refractivity contribution in [3.05, 3.63) is 0 Å². The van der Waals surface area contributed by atoms with Gasteiger partial charge in [-0.3, -0.25) is 14.4 Å². The molecule has 1 saturated heterocycles. The van der Waals surface area contributed by atoms with Gasteiger partial charge in [0.2, 0.25) is 0 Å². The number of fused-ring (bicyclic) bond motifs is 4. The van der Waals surface area contributed by atoms with Crippen molar-refractivity contribution in [2.24, 2.45) is 50.2 Å². The van der Waals surface area contributed by atoms with Crippen LogP contribution in [0.1, 0.15) is 106 Å². The Morgan fingerprint density at radius 2 is 1.42 bits per heavy atom. The van der Waals surface area contributed by atoms with E-state index in [9.17, 15) is 29.7 Å². The second-order valence-corrected chi connectivity index (χ2v) is 15.3. The molecule has 7 nitrogen and oxygen atoms in total. The number of carboxylic acid groups (broad SMARTS) is 1. The number of Topliss-reactive ketones (excluding diaryl/α,β-unsaturated/α-hetero) is 1. The molecule has 0 unspecified atom stereocenters. The van der Waals surface area contributed by atoms with Crippen molar-refractivity contribution in [2.45, 2.75) is 118 Å². The Morgan fingerprint density at radius 1 is 0.789 bits per heavy atom. The highest BCUT2D eigenvalue weighted by atomic mass is 16.5. The molecule has 0 aromatic heterocycles. The summed E-state index contributed by atoms with van der Waals surface area (Å²) in [6, 6.07) is 0. The fourth-order valence-electron chi connectivity index (χ4n) is 10.9. The number of carboxylic acids is 1. The molecule has 0 amide bonds. The molecule has 0 aromatic rings. The van der Waals surface area contributed by atoms with Crippen molar-refractivity contribution in [3.63, 3.8) is 0 Å². The van der Waals surface area contributed by atoms with Crippen LogP contribution in [0.5, 0.6) is 0 Å². The number of esters is 1. The summed E-state index contributed by atoms with van der Waals surface area (Å²) >= 11 is 0. The summed E-state index contributed by atoms with van der Waals surface area (Å²) < 4.78 is 5.45. The van der Waals surface area contributed by atoms with Crippen molar-refractivity contribution < 1.29 is 34.4 Å². The lowest BCUT2D eigenvalue weighted by molar-refractivity contribution is -0.210. The van der Waals surface area contributed by atoms with Crippen molar-refractivity contribution in [2.75, 3.05) is 6.61 Å². The largest absolute Gasteiger partial charge is 0.481 e. The molecule has 0 aromatic carbocycles. The molecule has 0 spiro atoms. The zero-order valence-corrected chi connectivity index (χ0v) is 24.1. The van der Waals surface area contributed by atoms with E-state index in [2.05, 4.69) is 27.7 Å². The molecule has 3 N–H and O–H groups in total. The van der Waals surface area contributed by atoms with E-state index < -0.39 is 39.8 Å². The van der Waals surface area contributed by atoms with E-state index in [1.165, 1.54) is 0 Å². The molecule has 5 aliphatic rings. The Labute approximate surface area is 227 Å². The number of rotatable bonds is 2. The van der Waals surface area contributed by atoms with Gasteiger partial charge in [0, 0.05) is 23.7 Å². The maximum atomic E-state index is 14.5. The topological polar surface area (TPSA) is 121 Å². The highest BCUT2D eigenvalue weighted by Crippen LogP contribution is 2.70. The number of aliphatic hydroxyl groups excluding tert-OH is 2. The van der Waals surface area contributed by atoms with E-state index in [1.54, 1.807) is 6.92 Å². The van der Waals surface area contributed by atoms with Crippen LogP contribution in [-0.2, 0) is 19.1 Å². The maximum Gasteiger partial charge on any atom is 0.312 e. The summed E-state index contributed by atoms with van der Waals surface area (Å²) in [5, 5.41) is 32.2. The fourth-order valence-corrected chi connectivity index (χ4v) is 10.9. The van der Waals surface area contributed by atoms with Gasteiger partial charge in [-0.25, -0.2) is 0 Å². The predicted molar refractivity (Wildman–Crippen MR) is 141 cm³/mol. The third-order valence-corrected chi connectivity index (χ3v) is 13.8. The van der Waals surface area contributed by atoms with Gasteiger partial charge in [-0.1, -0.05) is 34.6 Å². The summed E-state index contributed by atoms with van der Waals surface area (Å²) in [7, 11) is 0. The van der Waals surface area contributed by atoms with E-state index in [0.717, 1.165) is 19.3 Å². The number of hydrogen-bond acceptors (Lipinski definition) is 6. The van der Waals surface area contributed by atoms with Crippen LogP contribution in [0.3, 0.4) is 0 Å². The second kappa shape index (κ2) is 8.52. The first-order valence-corrected chi connectivity index (χ1v) is 14.8. The number of hydrogen-bond donors (Lipinski definition) is 3. The van der Waals surface area contributed by atoms with Crippen LogP contribution >= 0.6 is 0 Å². The number of aliphatic carboxylic acids is 1. The molecular formula is C31H48O7. The number of ketones is 1. The Morgan fingerprint density at radius 3 is 2.08 bits per heavy atom. The Balaban J connectivity index is 1.54. The number of aliphatic hydroxyl groups is 2. The normalized spacial score (nSPS) is 55.1. The standard InChI is InChI=1S/C31H48O7/c1-26-11-7-19-27(2,12-9-22(33)31(19,6)25(36)37)18(26)8-13-30(5,23(34)16-26)29(4)14-10-21(32)28(3)17-38-24(35)15-20(28)29/h18-22,32-33H,7-17H2,1-6H3,(H,36,37)/t18-,19+,20-,21-,22+,26-,27+,28-,29-,30-,31+/m0/s1. The first kappa shape index (κ1) is 28.1. The van der Waals surface area contributed by atoms with Gasteiger partial charge in [-0.2, -0.15) is 0 Å². The van der Waals surface area contributed by atoms with Gasteiger partial charge in [-0.05, 0) is 92.3 Å². The minimum absolute atomic E-state index is 0.148. The third-order valence-electron chi connectivity index (χ3n) is 13.8. The van der Waals surface area contributed by atoms with Crippen molar-refractivity contribution in [1.82, 2.24) is 0 Å². The lowest BCUT2D eigenvalue weighted by Gasteiger charge is -2.62. The summed E-state index contributed by atoms with van der Waals surface area (Å²) in [6.07, 6.45) is 4.73.